The predicted molar refractivity (Wildman–Crippen MR) is 65.5 cm³/mol. The zero-order chi connectivity index (χ0) is 11.0. The van der Waals surface area contributed by atoms with Crippen LogP contribution in [-0.2, 0) is 13.0 Å². The van der Waals surface area contributed by atoms with Crippen LogP contribution in [0.1, 0.15) is 49.2 Å². The first-order chi connectivity index (χ1) is 7.08. The van der Waals surface area contributed by atoms with Crippen molar-refractivity contribution in [2.45, 2.75) is 52.6 Å². The molecule has 0 N–H and O–H groups in total. The van der Waals surface area contributed by atoms with Gasteiger partial charge in [0.15, 0.2) is 0 Å². The van der Waals surface area contributed by atoms with Gasteiger partial charge in [0.1, 0.15) is 0 Å². The summed E-state index contributed by atoms with van der Waals surface area (Å²) >= 11 is 1.91. The van der Waals surface area contributed by atoms with Gasteiger partial charge in [0.25, 0.3) is 0 Å². The number of nitrogens with zero attached hydrogens (tertiary/aromatic N) is 2. The molecule has 0 saturated carbocycles. The van der Waals surface area contributed by atoms with Gasteiger partial charge < -0.3 is 0 Å². The molecule has 0 atom stereocenters. The van der Waals surface area contributed by atoms with Gasteiger partial charge in [-0.2, -0.15) is 0 Å². The molecule has 2 nitrogen and oxygen atoms in total. The van der Waals surface area contributed by atoms with Crippen LogP contribution in [0.5, 0.6) is 0 Å². The molecule has 84 valence electrons. The SMILES string of the molecule is CC(C)c1nc2c(s1)CN(C(C)C)CC2. The molecule has 1 aromatic rings. The molecule has 1 aliphatic rings. The number of aromatic nitrogens is 1. The zero-order valence-corrected chi connectivity index (χ0v) is 10.9. The van der Waals surface area contributed by atoms with E-state index in [1.54, 1.807) is 0 Å². The highest BCUT2D eigenvalue weighted by atomic mass is 32.1. The highest BCUT2D eigenvalue weighted by Crippen LogP contribution is 2.29. The maximum Gasteiger partial charge on any atom is 0.0957 e. The molecule has 0 bridgehead atoms. The van der Waals surface area contributed by atoms with Crippen molar-refractivity contribution >= 4 is 11.3 Å². The molecule has 0 fully saturated rings. The third-order valence-corrected chi connectivity index (χ3v) is 4.38. The van der Waals surface area contributed by atoms with Gasteiger partial charge in [0.2, 0.25) is 0 Å². The Kier molecular flexibility index (Phi) is 3.12. The molecule has 1 aromatic heterocycles. The lowest BCUT2D eigenvalue weighted by Crippen LogP contribution is -2.35. The lowest BCUT2D eigenvalue weighted by atomic mass is 10.1. The number of rotatable bonds is 2. The minimum Gasteiger partial charge on any atom is -0.295 e. The summed E-state index contributed by atoms with van der Waals surface area (Å²) in [6, 6.07) is 0.655. The fourth-order valence-corrected chi connectivity index (χ4v) is 3.06. The number of hydrogen-bond donors (Lipinski definition) is 0. The first-order valence-corrected chi connectivity index (χ1v) is 6.62. The van der Waals surface area contributed by atoms with E-state index in [4.69, 9.17) is 4.98 Å². The minimum absolute atomic E-state index is 0.577. The molecule has 0 spiro atoms. The van der Waals surface area contributed by atoms with E-state index >= 15 is 0 Å². The maximum absolute atomic E-state index is 4.74. The second-order valence-corrected chi connectivity index (χ2v) is 6.01. The monoisotopic (exact) mass is 224 g/mol. The summed E-state index contributed by atoms with van der Waals surface area (Å²) in [4.78, 5) is 8.77. The molecule has 0 aliphatic carbocycles. The van der Waals surface area contributed by atoms with Gasteiger partial charge in [-0.15, -0.1) is 11.3 Å². The normalized spacial score (nSPS) is 17.5. The Morgan fingerprint density at radius 1 is 1.27 bits per heavy atom. The van der Waals surface area contributed by atoms with E-state index in [1.165, 1.54) is 22.1 Å². The summed E-state index contributed by atoms with van der Waals surface area (Å²) in [5.41, 5.74) is 1.36. The Morgan fingerprint density at radius 2 is 2.00 bits per heavy atom. The van der Waals surface area contributed by atoms with E-state index in [-0.39, 0.29) is 0 Å². The molecule has 0 saturated heterocycles. The van der Waals surface area contributed by atoms with E-state index < -0.39 is 0 Å². The molecule has 0 radical (unpaired) electrons. The van der Waals surface area contributed by atoms with Crippen LogP contribution in [0.4, 0.5) is 0 Å². The smallest absolute Gasteiger partial charge is 0.0957 e. The third kappa shape index (κ3) is 2.23. The highest BCUT2D eigenvalue weighted by molar-refractivity contribution is 7.11. The maximum atomic E-state index is 4.74. The molecule has 0 unspecified atom stereocenters. The van der Waals surface area contributed by atoms with Crippen LogP contribution in [0.2, 0.25) is 0 Å². The van der Waals surface area contributed by atoms with Crippen LogP contribution in [0.25, 0.3) is 0 Å². The molecule has 0 amide bonds. The second kappa shape index (κ2) is 4.22. The Bertz CT molecular complexity index is 341. The lowest BCUT2D eigenvalue weighted by molar-refractivity contribution is 0.205. The van der Waals surface area contributed by atoms with Crippen LogP contribution < -0.4 is 0 Å². The Labute approximate surface area is 96.3 Å². The van der Waals surface area contributed by atoms with Crippen LogP contribution >= 0.6 is 11.3 Å². The molecule has 15 heavy (non-hydrogen) atoms. The van der Waals surface area contributed by atoms with Gasteiger partial charge in [-0.05, 0) is 13.8 Å². The lowest BCUT2D eigenvalue weighted by Gasteiger charge is -2.29. The van der Waals surface area contributed by atoms with Crippen molar-refractivity contribution in [3.05, 3.63) is 15.6 Å². The van der Waals surface area contributed by atoms with Crippen molar-refractivity contribution < 1.29 is 0 Å². The molecular weight excluding hydrogens is 204 g/mol. The predicted octanol–water partition coefficient (Wildman–Crippen LogP) is 3.03. The summed E-state index contributed by atoms with van der Waals surface area (Å²) < 4.78 is 0. The average Bonchev–Trinajstić information content (AvgIpc) is 2.59. The second-order valence-electron chi connectivity index (χ2n) is 4.89. The van der Waals surface area contributed by atoms with E-state index in [1.807, 2.05) is 11.3 Å². The Balaban J connectivity index is 2.19. The van der Waals surface area contributed by atoms with Crippen molar-refractivity contribution in [2.24, 2.45) is 0 Å². The van der Waals surface area contributed by atoms with Crippen molar-refractivity contribution in [3.8, 4) is 0 Å². The van der Waals surface area contributed by atoms with Gasteiger partial charge in [-0.25, -0.2) is 4.98 Å². The summed E-state index contributed by atoms with van der Waals surface area (Å²) in [5, 5.41) is 1.31. The zero-order valence-electron chi connectivity index (χ0n) is 10.1. The third-order valence-electron chi connectivity index (χ3n) is 3.00. The molecule has 3 heteroatoms. The fraction of sp³-hybridized carbons (Fsp3) is 0.750. The van der Waals surface area contributed by atoms with Crippen molar-refractivity contribution in [2.75, 3.05) is 6.54 Å². The first-order valence-electron chi connectivity index (χ1n) is 5.80. The largest absolute Gasteiger partial charge is 0.295 e. The van der Waals surface area contributed by atoms with Gasteiger partial charge in [0, 0.05) is 36.3 Å². The molecular formula is C12H20N2S. The van der Waals surface area contributed by atoms with Gasteiger partial charge >= 0.3 is 0 Å². The van der Waals surface area contributed by atoms with Gasteiger partial charge in [-0.1, -0.05) is 13.8 Å². The van der Waals surface area contributed by atoms with E-state index in [0.717, 1.165) is 13.0 Å². The van der Waals surface area contributed by atoms with Crippen LogP contribution in [-0.4, -0.2) is 22.5 Å². The van der Waals surface area contributed by atoms with Crippen LogP contribution in [0.15, 0.2) is 0 Å². The quantitative estimate of drug-likeness (QED) is 0.767. The molecule has 2 rings (SSSR count). The number of hydrogen-bond acceptors (Lipinski definition) is 3. The Hall–Kier alpha value is -0.410. The van der Waals surface area contributed by atoms with Gasteiger partial charge in [-0.3, -0.25) is 4.90 Å². The summed E-state index contributed by atoms with van der Waals surface area (Å²) in [6.45, 7) is 11.3. The van der Waals surface area contributed by atoms with Crippen LogP contribution in [0.3, 0.4) is 0 Å². The molecule has 2 heterocycles. The van der Waals surface area contributed by atoms with E-state index in [9.17, 15) is 0 Å². The van der Waals surface area contributed by atoms with E-state index in [2.05, 4.69) is 32.6 Å². The highest BCUT2D eigenvalue weighted by Gasteiger charge is 2.22. The first kappa shape index (κ1) is 11.1. The van der Waals surface area contributed by atoms with E-state index in [0.29, 0.717) is 12.0 Å². The average molecular weight is 224 g/mol. The summed E-state index contributed by atoms with van der Waals surface area (Å²) in [5.74, 6) is 0.577. The van der Waals surface area contributed by atoms with Gasteiger partial charge in [0.05, 0.1) is 10.7 Å². The fourth-order valence-electron chi connectivity index (χ4n) is 1.92. The molecule has 0 aromatic carbocycles. The number of thiazole rings is 1. The van der Waals surface area contributed by atoms with Crippen molar-refractivity contribution in [1.29, 1.82) is 0 Å². The standard InChI is InChI=1S/C12H20N2S/c1-8(2)12-13-10-5-6-14(9(3)4)7-11(10)15-12/h8-9H,5-7H2,1-4H3. The minimum atomic E-state index is 0.577. The molecule has 1 aliphatic heterocycles. The Morgan fingerprint density at radius 3 is 2.60 bits per heavy atom. The summed E-state index contributed by atoms with van der Waals surface area (Å²) in [6.07, 6.45) is 1.14. The van der Waals surface area contributed by atoms with Crippen LogP contribution in [0, 0.1) is 0 Å². The number of fused-ring (bicyclic) bond motifs is 1. The van der Waals surface area contributed by atoms with Crippen molar-refractivity contribution in [3.63, 3.8) is 0 Å². The summed E-state index contributed by atoms with van der Waals surface area (Å²) in [7, 11) is 0. The topological polar surface area (TPSA) is 16.1 Å². The van der Waals surface area contributed by atoms with Crippen molar-refractivity contribution in [1.82, 2.24) is 9.88 Å².